The Hall–Kier alpha value is -1.42. The van der Waals surface area contributed by atoms with Gasteiger partial charge < -0.3 is 20.9 Å². The van der Waals surface area contributed by atoms with Crippen LogP contribution in [0.1, 0.15) is 20.3 Å². The number of nitrogen functional groups attached to an aromatic ring is 1. The van der Waals surface area contributed by atoms with Gasteiger partial charge in [-0.1, -0.05) is 13.8 Å². The second kappa shape index (κ2) is 6.35. The van der Waals surface area contributed by atoms with Gasteiger partial charge in [0.05, 0.1) is 19.4 Å². The fourth-order valence-corrected chi connectivity index (χ4v) is 1.78. The smallest absolute Gasteiger partial charge is 0.143 e. The zero-order chi connectivity index (χ0) is 12.8. The second-order valence-corrected chi connectivity index (χ2v) is 4.61. The number of benzene rings is 1. The summed E-state index contributed by atoms with van der Waals surface area (Å²) in [7, 11) is 1.59. The molecule has 4 N–H and O–H groups in total. The average molecular weight is 238 g/mol. The highest BCUT2D eigenvalue weighted by atomic mass is 16.5. The van der Waals surface area contributed by atoms with E-state index < -0.39 is 0 Å². The van der Waals surface area contributed by atoms with Crippen LogP contribution in [0.3, 0.4) is 0 Å². The number of hydrogen-bond donors (Lipinski definition) is 3. The van der Waals surface area contributed by atoms with Gasteiger partial charge in [-0.25, -0.2) is 0 Å². The van der Waals surface area contributed by atoms with Crippen molar-refractivity contribution in [2.75, 3.05) is 24.8 Å². The summed E-state index contributed by atoms with van der Waals surface area (Å²) < 4.78 is 5.15. The van der Waals surface area contributed by atoms with Gasteiger partial charge in [0, 0.05) is 17.8 Å². The van der Waals surface area contributed by atoms with Crippen LogP contribution < -0.4 is 15.8 Å². The van der Waals surface area contributed by atoms with Gasteiger partial charge >= 0.3 is 0 Å². The summed E-state index contributed by atoms with van der Waals surface area (Å²) >= 11 is 0. The Morgan fingerprint density at radius 3 is 2.65 bits per heavy atom. The summed E-state index contributed by atoms with van der Waals surface area (Å²) in [5.41, 5.74) is 7.27. The lowest BCUT2D eigenvalue weighted by molar-refractivity contribution is 0.259. The van der Waals surface area contributed by atoms with Crippen LogP contribution in [-0.4, -0.2) is 24.9 Å². The van der Waals surface area contributed by atoms with Crippen molar-refractivity contribution in [2.24, 2.45) is 5.92 Å². The lowest BCUT2D eigenvalue weighted by Gasteiger charge is -2.20. The average Bonchev–Trinajstić information content (AvgIpc) is 2.30. The third-order valence-electron chi connectivity index (χ3n) is 2.58. The predicted molar refractivity (Wildman–Crippen MR) is 71.4 cm³/mol. The topological polar surface area (TPSA) is 67.5 Å². The number of ether oxygens (including phenoxy) is 1. The van der Waals surface area contributed by atoms with E-state index in [0.29, 0.717) is 17.4 Å². The molecule has 0 aliphatic heterocycles. The molecule has 0 aliphatic rings. The molecule has 0 saturated carbocycles. The third kappa shape index (κ3) is 4.15. The molecule has 0 radical (unpaired) electrons. The summed E-state index contributed by atoms with van der Waals surface area (Å²) in [4.78, 5) is 0. The van der Waals surface area contributed by atoms with Crippen LogP contribution in [0.2, 0.25) is 0 Å². The van der Waals surface area contributed by atoms with Crippen LogP contribution >= 0.6 is 0 Å². The Balaban J connectivity index is 2.72. The standard InChI is InChI=1S/C13H22N2O2/c1-9(2)6-11(8-16)15-10-4-5-12(14)13(7-10)17-3/h4-5,7,9,11,15-16H,6,8,14H2,1-3H3. The van der Waals surface area contributed by atoms with E-state index in [4.69, 9.17) is 10.5 Å². The number of aliphatic hydroxyl groups excluding tert-OH is 1. The van der Waals surface area contributed by atoms with E-state index in [1.165, 1.54) is 0 Å². The van der Waals surface area contributed by atoms with Crippen LogP contribution in [-0.2, 0) is 0 Å². The van der Waals surface area contributed by atoms with Crippen molar-refractivity contribution >= 4 is 11.4 Å². The van der Waals surface area contributed by atoms with Gasteiger partial charge in [0.25, 0.3) is 0 Å². The maximum absolute atomic E-state index is 9.30. The largest absolute Gasteiger partial charge is 0.495 e. The highest BCUT2D eigenvalue weighted by molar-refractivity contribution is 5.61. The molecular formula is C13H22N2O2. The molecule has 17 heavy (non-hydrogen) atoms. The molecule has 0 aliphatic carbocycles. The van der Waals surface area contributed by atoms with E-state index in [1.54, 1.807) is 13.2 Å². The van der Waals surface area contributed by atoms with Gasteiger partial charge in [-0.05, 0) is 24.5 Å². The van der Waals surface area contributed by atoms with Crippen LogP contribution in [0.5, 0.6) is 5.75 Å². The monoisotopic (exact) mass is 238 g/mol. The number of methoxy groups -OCH3 is 1. The van der Waals surface area contributed by atoms with Gasteiger partial charge in [0.2, 0.25) is 0 Å². The minimum atomic E-state index is 0.0586. The van der Waals surface area contributed by atoms with E-state index >= 15 is 0 Å². The molecule has 0 bridgehead atoms. The molecule has 0 amide bonds. The molecule has 0 heterocycles. The highest BCUT2D eigenvalue weighted by Crippen LogP contribution is 2.25. The van der Waals surface area contributed by atoms with Crippen molar-refractivity contribution in [3.8, 4) is 5.75 Å². The fraction of sp³-hybridized carbons (Fsp3) is 0.538. The molecule has 1 unspecified atom stereocenters. The first-order valence-corrected chi connectivity index (χ1v) is 5.87. The molecule has 0 aromatic heterocycles. The zero-order valence-electron chi connectivity index (χ0n) is 10.7. The lowest BCUT2D eigenvalue weighted by atomic mass is 10.0. The Kier molecular flexibility index (Phi) is 5.10. The van der Waals surface area contributed by atoms with Crippen LogP contribution in [0.4, 0.5) is 11.4 Å². The number of anilines is 2. The van der Waals surface area contributed by atoms with Gasteiger partial charge in [-0.3, -0.25) is 0 Å². The molecule has 1 aromatic rings. The fourth-order valence-electron chi connectivity index (χ4n) is 1.78. The van der Waals surface area contributed by atoms with Crippen molar-refractivity contribution in [2.45, 2.75) is 26.3 Å². The maximum atomic E-state index is 9.30. The predicted octanol–water partition coefficient (Wildman–Crippen LogP) is 2.10. The van der Waals surface area contributed by atoms with Gasteiger partial charge in [-0.15, -0.1) is 0 Å². The van der Waals surface area contributed by atoms with Gasteiger partial charge in [0.15, 0.2) is 0 Å². The van der Waals surface area contributed by atoms with Crippen molar-refractivity contribution in [1.29, 1.82) is 0 Å². The van der Waals surface area contributed by atoms with E-state index in [0.717, 1.165) is 12.1 Å². The molecule has 1 rings (SSSR count). The number of hydrogen-bond acceptors (Lipinski definition) is 4. The minimum Gasteiger partial charge on any atom is -0.495 e. The molecule has 96 valence electrons. The van der Waals surface area contributed by atoms with E-state index in [1.807, 2.05) is 12.1 Å². The van der Waals surface area contributed by atoms with Gasteiger partial charge in [-0.2, -0.15) is 0 Å². The summed E-state index contributed by atoms with van der Waals surface area (Å²) in [6.07, 6.45) is 0.920. The van der Waals surface area contributed by atoms with Crippen molar-refractivity contribution in [3.63, 3.8) is 0 Å². The molecular weight excluding hydrogens is 216 g/mol. The molecule has 4 heteroatoms. The Morgan fingerprint density at radius 2 is 2.12 bits per heavy atom. The molecule has 1 aromatic carbocycles. The van der Waals surface area contributed by atoms with Crippen molar-refractivity contribution < 1.29 is 9.84 Å². The normalized spacial score (nSPS) is 12.5. The number of nitrogens with one attached hydrogen (secondary N) is 1. The molecule has 4 nitrogen and oxygen atoms in total. The quantitative estimate of drug-likeness (QED) is 0.664. The first kappa shape index (κ1) is 13.6. The second-order valence-electron chi connectivity index (χ2n) is 4.61. The molecule has 0 fully saturated rings. The Bertz CT molecular complexity index is 353. The van der Waals surface area contributed by atoms with E-state index in [9.17, 15) is 5.11 Å². The maximum Gasteiger partial charge on any atom is 0.143 e. The van der Waals surface area contributed by atoms with E-state index in [-0.39, 0.29) is 12.6 Å². The number of aliphatic hydroxyl groups is 1. The Labute approximate surface area is 103 Å². The van der Waals surface area contributed by atoms with Crippen LogP contribution in [0, 0.1) is 5.92 Å². The lowest BCUT2D eigenvalue weighted by Crippen LogP contribution is -2.25. The highest BCUT2D eigenvalue weighted by Gasteiger charge is 2.10. The van der Waals surface area contributed by atoms with Crippen LogP contribution in [0.25, 0.3) is 0 Å². The summed E-state index contributed by atoms with van der Waals surface area (Å²) in [6.45, 7) is 4.38. The van der Waals surface area contributed by atoms with Crippen molar-refractivity contribution in [1.82, 2.24) is 0 Å². The zero-order valence-corrected chi connectivity index (χ0v) is 10.7. The minimum absolute atomic E-state index is 0.0586. The van der Waals surface area contributed by atoms with E-state index in [2.05, 4.69) is 19.2 Å². The molecule has 1 atom stereocenters. The first-order chi connectivity index (χ1) is 8.06. The van der Waals surface area contributed by atoms with Crippen molar-refractivity contribution in [3.05, 3.63) is 18.2 Å². The molecule has 0 spiro atoms. The van der Waals surface area contributed by atoms with Gasteiger partial charge in [0.1, 0.15) is 5.75 Å². The summed E-state index contributed by atoms with van der Waals surface area (Å²) in [5, 5.41) is 12.6. The first-order valence-electron chi connectivity index (χ1n) is 5.87. The third-order valence-corrected chi connectivity index (χ3v) is 2.58. The summed E-state index contributed by atoms with van der Waals surface area (Å²) in [5.74, 6) is 1.19. The number of rotatable bonds is 6. The number of nitrogens with two attached hydrogens (primary N) is 1. The molecule has 0 saturated heterocycles. The Morgan fingerprint density at radius 1 is 1.41 bits per heavy atom. The summed E-state index contributed by atoms with van der Waals surface area (Å²) in [6, 6.07) is 5.59. The van der Waals surface area contributed by atoms with Crippen LogP contribution in [0.15, 0.2) is 18.2 Å². The SMILES string of the molecule is COc1cc(NC(CO)CC(C)C)ccc1N.